The van der Waals surface area contributed by atoms with Gasteiger partial charge < -0.3 is 15.2 Å². The van der Waals surface area contributed by atoms with Crippen LogP contribution in [0.15, 0.2) is 24.3 Å². The Morgan fingerprint density at radius 3 is 2.44 bits per heavy atom. The number of hydrogen-bond donors (Lipinski definition) is 2. The molecule has 0 aliphatic carbocycles. The molecule has 0 saturated carbocycles. The van der Waals surface area contributed by atoms with Gasteiger partial charge in [-0.25, -0.2) is 0 Å². The molecule has 2 rings (SSSR count). The van der Waals surface area contributed by atoms with Crippen molar-refractivity contribution >= 4 is 11.9 Å². The van der Waals surface area contributed by atoms with E-state index in [0.717, 1.165) is 5.56 Å². The first-order valence-electron chi connectivity index (χ1n) is 5.71. The van der Waals surface area contributed by atoms with Crippen LogP contribution in [-0.2, 0) is 9.59 Å². The van der Waals surface area contributed by atoms with Crippen molar-refractivity contribution in [1.82, 2.24) is 5.32 Å². The molecule has 1 aliphatic heterocycles. The number of carbonyl (C=O) groups is 2. The maximum Gasteiger partial charge on any atom is 0.316 e. The Labute approximate surface area is 105 Å². The second-order valence-electron chi connectivity index (χ2n) is 4.41. The smallest absolute Gasteiger partial charge is 0.316 e. The summed E-state index contributed by atoms with van der Waals surface area (Å²) < 4.78 is 5.06. The van der Waals surface area contributed by atoms with Crippen molar-refractivity contribution in [2.45, 2.75) is 18.9 Å². The predicted octanol–water partition coefficient (Wildman–Crippen LogP) is 0.998. The summed E-state index contributed by atoms with van der Waals surface area (Å²) in [6, 6.07) is 6.95. The highest BCUT2D eigenvalue weighted by Gasteiger charge is 2.45. The molecule has 0 aromatic heterocycles. The van der Waals surface area contributed by atoms with Gasteiger partial charge in [0.25, 0.3) is 0 Å². The first kappa shape index (κ1) is 12.4. The zero-order valence-electron chi connectivity index (χ0n) is 10.2. The molecule has 1 fully saturated rings. The van der Waals surface area contributed by atoms with Gasteiger partial charge in [-0.05, 0) is 24.6 Å². The quantitative estimate of drug-likeness (QED) is 0.783. The second-order valence-corrected chi connectivity index (χ2v) is 4.41. The van der Waals surface area contributed by atoms with Crippen molar-refractivity contribution in [3.8, 4) is 5.75 Å². The first-order valence-corrected chi connectivity index (χ1v) is 5.71. The van der Waals surface area contributed by atoms with Crippen molar-refractivity contribution in [2.75, 3.05) is 7.11 Å². The van der Waals surface area contributed by atoms with Crippen molar-refractivity contribution < 1.29 is 19.4 Å². The number of aliphatic carboxylic acids is 1. The standard InChI is InChI=1S/C13H15NO4/c1-7-10(11(13(16)17)12(15)14-7)8-3-5-9(18-2)6-4-8/h3-7,10-11H,1-2H3,(H,14,15)(H,16,17)/t7?,10-,11?/m1/s1. The fourth-order valence-electron chi connectivity index (χ4n) is 2.43. The van der Waals surface area contributed by atoms with Gasteiger partial charge in [0.15, 0.2) is 0 Å². The highest BCUT2D eigenvalue weighted by atomic mass is 16.5. The lowest BCUT2D eigenvalue weighted by Crippen LogP contribution is -2.26. The minimum Gasteiger partial charge on any atom is -0.497 e. The van der Waals surface area contributed by atoms with Crippen LogP contribution in [0.1, 0.15) is 18.4 Å². The number of benzene rings is 1. The van der Waals surface area contributed by atoms with E-state index in [-0.39, 0.29) is 12.0 Å². The summed E-state index contributed by atoms with van der Waals surface area (Å²) in [5.41, 5.74) is 0.828. The van der Waals surface area contributed by atoms with Crippen LogP contribution in [0, 0.1) is 5.92 Å². The van der Waals surface area contributed by atoms with Crippen LogP contribution in [0.25, 0.3) is 0 Å². The van der Waals surface area contributed by atoms with Crippen LogP contribution in [0.3, 0.4) is 0 Å². The molecule has 2 unspecified atom stereocenters. The fraction of sp³-hybridized carbons (Fsp3) is 0.385. The van der Waals surface area contributed by atoms with Gasteiger partial charge in [-0.2, -0.15) is 0 Å². The molecule has 0 radical (unpaired) electrons. The number of ether oxygens (including phenoxy) is 1. The van der Waals surface area contributed by atoms with Gasteiger partial charge in [-0.1, -0.05) is 12.1 Å². The third-order valence-electron chi connectivity index (χ3n) is 3.32. The zero-order chi connectivity index (χ0) is 13.3. The van der Waals surface area contributed by atoms with Crippen LogP contribution in [0.4, 0.5) is 0 Å². The van der Waals surface area contributed by atoms with Crippen molar-refractivity contribution in [3.05, 3.63) is 29.8 Å². The topological polar surface area (TPSA) is 75.6 Å². The molecule has 3 atom stereocenters. The molecular formula is C13H15NO4. The molecule has 5 nitrogen and oxygen atoms in total. The van der Waals surface area contributed by atoms with Gasteiger partial charge in [-0.3, -0.25) is 9.59 Å². The molecule has 1 amide bonds. The van der Waals surface area contributed by atoms with E-state index >= 15 is 0 Å². The highest BCUT2D eigenvalue weighted by molar-refractivity contribution is 6.00. The number of carboxylic acids is 1. The number of hydrogen-bond acceptors (Lipinski definition) is 3. The summed E-state index contributed by atoms with van der Waals surface area (Å²) in [4.78, 5) is 22.8. The number of nitrogens with one attached hydrogen (secondary N) is 1. The number of carbonyl (C=O) groups excluding carboxylic acids is 1. The monoisotopic (exact) mass is 249 g/mol. The summed E-state index contributed by atoms with van der Waals surface area (Å²) in [7, 11) is 1.57. The average molecular weight is 249 g/mol. The average Bonchev–Trinajstić information content (AvgIpc) is 2.64. The molecule has 1 aromatic rings. The van der Waals surface area contributed by atoms with Gasteiger partial charge in [-0.15, -0.1) is 0 Å². The van der Waals surface area contributed by atoms with Crippen LogP contribution >= 0.6 is 0 Å². The highest BCUT2D eigenvalue weighted by Crippen LogP contribution is 2.34. The Hall–Kier alpha value is -2.04. The molecule has 2 N–H and O–H groups in total. The number of methoxy groups -OCH3 is 1. The van der Waals surface area contributed by atoms with E-state index in [1.165, 1.54) is 0 Å². The molecular weight excluding hydrogens is 234 g/mol. The molecule has 1 aliphatic rings. The van der Waals surface area contributed by atoms with Gasteiger partial charge in [0.2, 0.25) is 5.91 Å². The summed E-state index contributed by atoms with van der Waals surface area (Å²) in [6.45, 7) is 1.82. The minimum atomic E-state index is -1.09. The van der Waals surface area contributed by atoms with Crippen LogP contribution in [0.2, 0.25) is 0 Å². The lowest BCUT2D eigenvalue weighted by molar-refractivity contribution is -0.145. The SMILES string of the molecule is COc1ccc([C@H]2C(C)NC(=O)C2C(=O)O)cc1. The van der Waals surface area contributed by atoms with Gasteiger partial charge in [0.1, 0.15) is 11.7 Å². The van der Waals surface area contributed by atoms with E-state index in [1.54, 1.807) is 31.4 Å². The summed E-state index contributed by atoms with van der Waals surface area (Å²) >= 11 is 0. The molecule has 5 heteroatoms. The number of rotatable bonds is 3. The Morgan fingerprint density at radius 2 is 1.94 bits per heavy atom. The van der Waals surface area contributed by atoms with Gasteiger partial charge in [0, 0.05) is 12.0 Å². The van der Waals surface area contributed by atoms with Crippen LogP contribution in [0.5, 0.6) is 5.75 Å². The molecule has 1 heterocycles. The van der Waals surface area contributed by atoms with E-state index in [0.29, 0.717) is 5.75 Å². The fourth-order valence-corrected chi connectivity index (χ4v) is 2.43. The number of carboxylic acid groups (broad SMARTS) is 1. The van der Waals surface area contributed by atoms with Crippen molar-refractivity contribution in [2.24, 2.45) is 5.92 Å². The van der Waals surface area contributed by atoms with E-state index in [1.807, 2.05) is 6.92 Å². The van der Waals surface area contributed by atoms with Crippen molar-refractivity contribution in [3.63, 3.8) is 0 Å². The Balaban J connectivity index is 2.34. The summed E-state index contributed by atoms with van der Waals surface area (Å²) in [5, 5.41) is 11.8. The van der Waals surface area contributed by atoms with E-state index in [2.05, 4.69) is 5.32 Å². The Bertz CT molecular complexity index is 468. The minimum absolute atomic E-state index is 0.188. The Morgan fingerprint density at radius 1 is 1.33 bits per heavy atom. The molecule has 0 spiro atoms. The number of amides is 1. The van der Waals surface area contributed by atoms with E-state index in [9.17, 15) is 9.59 Å². The normalized spacial score (nSPS) is 26.8. The first-order chi connectivity index (χ1) is 8.54. The summed E-state index contributed by atoms with van der Waals surface area (Å²) in [5.74, 6) is -2.17. The van der Waals surface area contributed by atoms with Gasteiger partial charge in [0.05, 0.1) is 7.11 Å². The maximum absolute atomic E-state index is 11.6. The summed E-state index contributed by atoms with van der Waals surface area (Å²) in [6.07, 6.45) is 0. The lowest BCUT2D eigenvalue weighted by atomic mass is 9.84. The predicted molar refractivity (Wildman–Crippen MR) is 64.5 cm³/mol. The van der Waals surface area contributed by atoms with Gasteiger partial charge >= 0.3 is 5.97 Å². The molecule has 1 aromatic carbocycles. The van der Waals surface area contributed by atoms with Crippen LogP contribution in [-0.4, -0.2) is 30.1 Å². The third-order valence-corrected chi connectivity index (χ3v) is 3.32. The molecule has 0 bridgehead atoms. The largest absolute Gasteiger partial charge is 0.497 e. The van der Waals surface area contributed by atoms with E-state index < -0.39 is 17.8 Å². The molecule has 1 saturated heterocycles. The molecule has 96 valence electrons. The third kappa shape index (κ3) is 2.03. The zero-order valence-corrected chi connectivity index (χ0v) is 10.2. The van der Waals surface area contributed by atoms with Crippen molar-refractivity contribution in [1.29, 1.82) is 0 Å². The van der Waals surface area contributed by atoms with E-state index in [4.69, 9.17) is 9.84 Å². The Kier molecular flexibility index (Phi) is 3.23. The second kappa shape index (κ2) is 4.68. The van der Waals surface area contributed by atoms with Crippen LogP contribution < -0.4 is 10.1 Å². The maximum atomic E-state index is 11.6. The molecule has 18 heavy (non-hydrogen) atoms. The lowest BCUT2D eigenvalue weighted by Gasteiger charge is -2.18.